The van der Waals surface area contributed by atoms with E-state index in [2.05, 4.69) is 47.4 Å². The number of nitro groups is 2. The number of rotatable bonds is 4. The highest BCUT2D eigenvalue weighted by atomic mass is 79.9. The zero-order valence-electron chi connectivity index (χ0n) is 10.4. The summed E-state index contributed by atoms with van der Waals surface area (Å²) in [7, 11) is 0. The van der Waals surface area contributed by atoms with E-state index in [1.54, 1.807) is 0 Å². The first-order chi connectivity index (χ1) is 10.3. The second kappa shape index (κ2) is 6.19. The highest BCUT2D eigenvalue weighted by Gasteiger charge is 2.24. The Hall–Kier alpha value is -2.34. The van der Waals surface area contributed by atoms with Gasteiger partial charge in [-0.15, -0.1) is 0 Å². The third-order valence-electron chi connectivity index (χ3n) is 2.52. The minimum absolute atomic E-state index is 0.190. The summed E-state index contributed by atoms with van der Waals surface area (Å²) in [5.41, 5.74) is -0.808. The van der Waals surface area contributed by atoms with Gasteiger partial charge in [0.25, 0.3) is 11.6 Å². The summed E-state index contributed by atoms with van der Waals surface area (Å²) in [6, 6.07) is 2.39. The molecule has 0 radical (unpaired) electrons. The average Bonchev–Trinajstić information content (AvgIpc) is 2.91. The lowest BCUT2D eigenvalue weighted by Gasteiger charge is -2.08. The number of H-pyrrole nitrogens is 1. The van der Waals surface area contributed by atoms with E-state index in [0.29, 0.717) is 0 Å². The molecule has 1 heterocycles. The van der Waals surface area contributed by atoms with Crippen LogP contribution in [0, 0.1) is 20.2 Å². The Morgan fingerprint density at radius 2 is 1.77 bits per heavy atom. The Kier molecular flexibility index (Phi) is 4.51. The van der Waals surface area contributed by atoms with Gasteiger partial charge in [-0.3, -0.25) is 30.1 Å². The molecule has 0 aliphatic heterocycles. The molecule has 0 unspecified atom stereocenters. The lowest BCUT2D eigenvalue weighted by atomic mass is 10.2. The van der Waals surface area contributed by atoms with E-state index in [1.165, 1.54) is 12.1 Å². The molecule has 0 aliphatic rings. The molecular formula is C10H5Br2N5O5. The number of nitrogens with one attached hydrogen (secondary N) is 2. The summed E-state index contributed by atoms with van der Waals surface area (Å²) >= 11 is 6.19. The molecule has 1 aromatic carbocycles. The molecule has 12 heteroatoms. The van der Waals surface area contributed by atoms with Crippen molar-refractivity contribution in [3.63, 3.8) is 0 Å². The van der Waals surface area contributed by atoms with Gasteiger partial charge in [0.2, 0.25) is 5.69 Å². The lowest BCUT2D eigenvalue weighted by Crippen LogP contribution is -2.15. The molecular weight excluding hydrogens is 430 g/mol. The number of carbonyl (C=O) groups is 1. The maximum atomic E-state index is 12.1. The van der Waals surface area contributed by atoms with Crippen LogP contribution in [0.2, 0.25) is 0 Å². The van der Waals surface area contributed by atoms with Crippen LogP contribution in [0.4, 0.5) is 17.1 Å². The van der Waals surface area contributed by atoms with Crippen molar-refractivity contribution in [2.45, 2.75) is 0 Å². The highest BCUT2D eigenvalue weighted by Crippen LogP contribution is 2.35. The number of anilines is 1. The Morgan fingerprint density at radius 1 is 1.18 bits per heavy atom. The number of benzene rings is 1. The fraction of sp³-hybridized carbons (Fsp3) is 0. The van der Waals surface area contributed by atoms with Crippen molar-refractivity contribution in [1.29, 1.82) is 0 Å². The van der Waals surface area contributed by atoms with Gasteiger partial charge in [0.1, 0.15) is 6.20 Å². The van der Waals surface area contributed by atoms with Crippen molar-refractivity contribution in [2.75, 3.05) is 5.32 Å². The smallest absolute Gasteiger partial charge is 0.318 e. The van der Waals surface area contributed by atoms with Gasteiger partial charge in [0, 0.05) is 21.1 Å². The average molecular weight is 435 g/mol. The van der Waals surface area contributed by atoms with Gasteiger partial charge < -0.3 is 5.32 Å². The predicted octanol–water partition coefficient (Wildman–Crippen LogP) is 3.00. The summed E-state index contributed by atoms with van der Waals surface area (Å²) in [4.78, 5) is 32.2. The predicted molar refractivity (Wildman–Crippen MR) is 81.7 cm³/mol. The molecule has 0 saturated carbocycles. The molecule has 2 N–H and O–H groups in total. The fourth-order valence-electron chi connectivity index (χ4n) is 1.55. The molecule has 1 amide bonds. The van der Waals surface area contributed by atoms with E-state index in [1.807, 2.05) is 0 Å². The van der Waals surface area contributed by atoms with Crippen molar-refractivity contribution in [2.24, 2.45) is 0 Å². The van der Waals surface area contributed by atoms with Crippen LogP contribution in [-0.4, -0.2) is 26.0 Å². The quantitative estimate of drug-likeness (QED) is 0.558. The zero-order chi connectivity index (χ0) is 16.4. The van der Waals surface area contributed by atoms with Crippen LogP contribution in [0.1, 0.15) is 10.5 Å². The lowest BCUT2D eigenvalue weighted by molar-refractivity contribution is -0.385. The second-order valence-electron chi connectivity index (χ2n) is 3.88. The number of aromatic nitrogens is 2. The van der Waals surface area contributed by atoms with Crippen molar-refractivity contribution in [3.05, 3.63) is 53.2 Å². The number of carbonyl (C=O) groups excluding carboxylic acids is 1. The summed E-state index contributed by atoms with van der Waals surface area (Å²) in [5, 5.41) is 29.6. The number of aromatic amines is 1. The van der Waals surface area contributed by atoms with Crippen LogP contribution >= 0.6 is 31.9 Å². The molecule has 114 valence electrons. The van der Waals surface area contributed by atoms with Gasteiger partial charge in [-0.25, -0.2) is 0 Å². The molecule has 0 fully saturated rings. The largest absolute Gasteiger partial charge is 0.319 e. The number of nitrogens with zero attached hydrogens (tertiary/aromatic N) is 3. The Balaban J connectivity index is 2.35. The van der Waals surface area contributed by atoms with E-state index in [9.17, 15) is 25.0 Å². The monoisotopic (exact) mass is 433 g/mol. The first-order valence-corrected chi connectivity index (χ1v) is 7.02. The Morgan fingerprint density at radius 3 is 2.27 bits per heavy atom. The maximum absolute atomic E-state index is 12.1. The van der Waals surface area contributed by atoms with Gasteiger partial charge in [-0.05, 0) is 31.9 Å². The molecule has 0 atom stereocenters. The highest BCUT2D eigenvalue weighted by molar-refractivity contribution is 9.11. The van der Waals surface area contributed by atoms with Crippen LogP contribution < -0.4 is 5.32 Å². The third-order valence-corrected chi connectivity index (χ3v) is 3.77. The molecule has 0 aliphatic carbocycles. The van der Waals surface area contributed by atoms with E-state index in [0.717, 1.165) is 6.20 Å². The molecule has 22 heavy (non-hydrogen) atoms. The van der Waals surface area contributed by atoms with Crippen molar-refractivity contribution < 1.29 is 14.6 Å². The summed E-state index contributed by atoms with van der Waals surface area (Å²) in [6.45, 7) is 0. The van der Waals surface area contributed by atoms with Crippen LogP contribution in [0.15, 0.2) is 27.3 Å². The number of amides is 1. The van der Waals surface area contributed by atoms with Gasteiger partial charge >= 0.3 is 5.69 Å². The van der Waals surface area contributed by atoms with Gasteiger partial charge in [-0.1, -0.05) is 0 Å². The fourth-order valence-corrected chi connectivity index (χ4v) is 2.91. The number of non-ortho nitro benzene ring substituents is 1. The van der Waals surface area contributed by atoms with Crippen molar-refractivity contribution in [3.8, 4) is 0 Å². The van der Waals surface area contributed by atoms with E-state index in [4.69, 9.17) is 0 Å². The standard InChI is InChI=1S/C10H5Br2N5O5/c11-5-1-4(16(19)20)2-6(12)8(5)14-10(18)9-7(17(21)22)3-13-15-9/h1-3H,(H,13,15)(H,14,18). The van der Waals surface area contributed by atoms with E-state index in [-0.39, 0.29) is 26.0 Å². The maximum Gasteiger partial charge on any atom is 0.319 e. The first kappa shape index (κ1) is 16.0. The first-order valence-electron chi connectivity index (χ1n) is 5.43. The van der Waals surface area contributed by atoms with Crippen LogP contribution in [0.25, 0.3) is 0 Å². The molecule has 1 aromatic heterocycles. The van der Waals surface area contributed by atoms with Crippen molar-refractivity contribution in [1.82, 2.24) is 10.2 Å². The van der Waals surface area contributed by atoms with E-state index >= 15 is 0 Å². The number of hydrogen-bond donors (Lipinski definition) is 2. The summed E-state index contributed by atoms with van der Waals surface area (Å²) in [6.07, 6.45) is 0.912. The van der Waals surface area contributed by atoms with E-state index < -0.39 is 21.4 Å². The summed E-state index contributed by atoms with van der Waals surface area (Å²) < 4.78 is 0.480. The third kappa shape index (κ3) is 3.12. The van der Waals surface area contributed by atoms with Crippen LogP contribution in [0.3, 0.4) is 0 Å². The molecule has 0 spiro atoms. The number of halogens is 2. The van der Waals surface area contributed by atoms with Gasteiger partial charge in [0.05, 0.1) is 15.5 Å². The SMILES string of the molecule is O=C(Nc1c(Br)cc([N+](=O)[O-])cc1Br)c1[nH]ncc1[N+](=O)[O-]. The van der Waals surface area contributed by atoms with Gasteiger partial charge in [-0.2, -0.15) is 5.10 Å². The molecule has 2 rings (SSSR count). The molecule has 10 nitrogen and oxygen atoms in total. The minimum Gasteiger partial charge on any atom is -0.318 e. The zero-order valence-corrected chi connectivity index (χ0v) is 13.5. The number of nitro benzene ring substituents is 1. The second-order valence-corrected chi connectivity index (χ2v) is 5.59. The molecule has 0 saturated heterocycles. The Labute approximate surface area is 138 Å². The van der Waals surface area contributed by atoms with Crippen LogP contribution in [-0.2, 0) is 0 Å². The molecule has 0 bridgehead atoms. The normalized spacial score (nSPS) is 10.3. The number of hydrogen-bond acceptors (Lipinski definition) is 6. The van der Waals surface area contributed by atoms with Gasteiger partial charge in [0.15, 0.2) is 0 Å². The van der Waals surface area contributed by atoms with Crippen LogP contribution in [0.5, 0.6) is 0 Å². The van der Waals surface area contributed by atoms with Crippen molar-refractivity contribution >= 4 is 54.8 Å². The Bertz CT molecular complexity index is 767. The minimum atomic E-state index is -0.806. The molecule has 2 aromatic rings. The summed E-state index contributed by atoms with van der Waals surface area (Å²) in [5.74, 6) is -0.806. The topological polar surface area (TPSA) is 144 Å².